The van der Waals surface area contributed by atoms with E-state index in [4.69, 9.17) is 5.84 Å². The maximum atomic E-state index is 5.54. The molecular weight excluding hydrogens is 224 g/mol. The van der Waals surface area contributed by atoms with E-state index in [9.17, 15) is 0 Å². The summed E-state index contributed by atoms with van der Waals surface area (Å²) in [6.45, 7) is 2.09. The van der Waals surface area contributed by atoms with E-state index in [1.165, 1.54) is 0 Å². The van der Waals surface area contributed by atoms with Crippen molar-refractivity contribution < 1.29 is 0 Å². The number of anilines is 1. The lowest BCUT2D eigenvalue weighted by atomic mass is 10.1. The van der Waals surface area contributed by atoms with Crippen molar-refractivity contribution >= 4 is 27.5 Å². The van der Waals surface area contributed by atoms with Crippen LogP contribution in [0.3, 0.4) is 0 Å². The van der Waals surface area contributed by atoms with Gasteiger partial charge in [0, 0.05) is 28.6 Å². The fraction of sp³-hybridized carbons (Fsp3) is 0.143. The Morgan fingerprint density at radius 3 is 2.83 bits per heavy atom. The van der Waals surface area contributed by atoms with Crippen LogP contribution in [0.15, 0.2) is 36.7 Å². The van der Waals surface area contributed by atoms with Gasteiger partial charge in [-0.2, -0.15) is 0 Å². The predicted molar refractivity (Wildman–Crippen MR) is 74.2 cm³/mol. The van der Waals surface area contributed by atoms with Gasteiger partial charge in [-0.15, -0.1) is 0 Å². The molecule has 3 N–H and O–H groups in total. The molecule has 0 amide bonds. The number of aryl methyl sites for hydroxylation is 1. The van der Waals surface area contributed by atoms with E-state index in [1.54, 1.807) is 6.20 Å². The minimum absolute atomic E-state index is 0.745. The van der Waals surface area contributed by atoms with Gasteiger partial charge in [-0.25, -0.2) is 10.8 Å². The van der Waals surface area contributed by atoms with Crippen LogP contribution < -0.4 is 11.3 Å². The zero-order valence-electron chi connectivity index (χ0n) is 10.1. The van der Waals surface area contributed by atoms with Gasteiger partial charge in [-0.3, -0.25) is 4.98 Å². The Morgan fingerprint density at radius 1 is 1.22 bits per heavy atom. The molecule has 0 radical (unpaired) electrons. The van der Waals surface area contributed by atoms with Crippen LogP contribution in [-0.2, 0) is 6.42 Å². The van der Waals surface area contributed by atoms with Crippen LogP contribution in [0.5, 0.6) is 0 Å². The Morgan fingerprint density at radius 2 is 2.06 bits per heavy atom. The number of nitrogen functional groups attached to an aromatic ring is 1. The molecule has 0 atom stereocenters. The quantitative estimate of drug-likeness (QED) is 0.409. The molecule has 2 heterocycles. The van der Waals surface area contributed by atoms with Crippen molar-refractivity contribution in [3.63, 3.8) is 0 Å². The molecule has 18 heavy (non-hydrogen) atoms. The van der Waals surface area contributed by atoms with Crippen molar-refractivity contribution in [1.29, 1.82) is 0 Å². The minimum Gasteiger partial charge on any atom is -0.308 e. The zero-order chi connectivity index (χ0) is 12.5. The van der Waals surface area contributed by atoms with E-state index < -0.39 is 0 Å². The van der Waals surface area contributed by atoms with Crippen molar-refractivity contribution in [1.82, 2.24) is 9.97 Å². The summed E-state index contributed by atoms with van der Waals surface area (Å²) in [5.41, 5.74) is 4.76. The second-order valence-corrected chi connectivity index (χ2v) is 4.23. The van der Waals surface area contributed by atoms with Gasteiger partial charge in [0.25, 0.3) is 0 Å². The maximum absolute atomic E-state index is 5.54. The van der Waals surface area contributed by atoms with Crippen LogP contribution in [0.2, 0.25) is 0 Å². The number of rotatable bonds is 2. The van der Waals surface area contributed by atoms with E-state index in [0.29, 0.717) is 0 Å². The van der Waals surface area contributed by atoms with Crippen LogP contribution in [-0.4, -0.2) is 9.97 Å². The Hall–Kier alpha value is -2.20. The Balaban J connectivity index is 2.43. The van der Waals surface area contributed by atoms with Gasteiger partial charge in [-0.05, 0) is 24.1 Å². The third-order valence-electron chi connectivity index (χ3n) is 3.20. The number of benzene rings is 1. The fourth-order valence-electron chi connectivity index (χ4n) is 2.24. The number of pyridine rings is 2. The molecule has 0 fully saturated rings. The summed E-state index contributed by atoms with van der Waals surface area (Å²) in [6.07, 6.45) is 4.53. The number of nitrogens with zero attached hydrogens (tertiary/aromatic N) is 2. The average Bonchev–Trinajstić information content (AvgIpc) is 2.45. The molecule has 0 spiro atoms. The standard InChI is InChI=1S/C14H14N4/c1-2-9-7-10-3-4-11-8-16-6-5-12(11)13(10)17-14(9)18-15/h3-8H,2,15H2,1H3,(H,17,18). The predicted octanol–water partition coefficient (Wildman–Crippen LogP) is 2.63. The molecule has 90 valence electrons. The molecule has 0 aliphatic heterocycles. The summed E-state index contributed by atoms with van der Waals surface area (Å²) in [4.78, 5) is 8.76. The van der Waals surface area contributed by atoms with Crippen LogP contribution in [0.4, 0.5) is 5.82 Å². The number of nitrogens with one attached hydrogen (secondary N) is 1. The van der Waals surface area contributed by atoms with Gasteiger partial charge in [0.1, 0.15) is 5.82 Å². The summed E-state index contributed by atoms with van der Waals surface area (Å²) < 4.78 is 0. The molecule has 0 saturated heterocycles. The molecule has 3 aromatic rings. The Bertz CT molecular complexity index is 721. The molecular formula is C14H14N4. The first kappa shape index (κ1) is 10.9. The monoisotopic (exact) mass is 238 g/mol. The van der Waals surface area contributed by atoms with E-state index in [2.05, 4.69) is 40.5 Å². The zero-order valence-corrected chi connectivity index (χ0v) is 10.1. The van der Waals surface area contributed by atoms with E-state index in [1.807, 2.05) is 12.3 Å². The van der Waals surface area contributed by atoms with Crippen LogP contribution in [0, 0.1) is 0 Å². The third-order valence-corrected chi connectivity index (χ3v) is 3.20. The molecule has 0 unspecified atom stereocenters. The number of hydrogen-bond donors (Lipinski definition) is 2. The highest BCUT2D eigenvalue weighted by Gasteiger charge is 2.07. The van der Waals surface area contributed by atoms with Crippen molar-refractivity contribution in [2.45, 2.75) is 13.3 Å². The summed E-state index contributed by atoms with van der Waals surface area (Å²) in [5, 5.41) is 3.32. The minimum atomic E-state index is 0.745. The molecule has 3 rings (SSSR count). The highest BCUT2D eigenvalue weighted by atomic mass is 15.2. The van der Waals surface area contributed by atoms with Crippen molar-refractivity contribution in [2.24, 2.45) is 5.84 Å². The smallest absolute Gasteiger partial charge is 0.143 e. The Kier molecular flexibility index (Phi) is 2.57. The third kappa shape index (κ3) is 1.58. The van der Waals surface area contributed by atoms with Gasteiger partial charge < -0.3 is 5.43 Å². The van der Waals surface area contributed by atoms with E-state index >= 15 is 0 Å². The van der Waals surface area contributed by atoms with Crippen LogP contribution in [0.1, 0.15) is 12.5 Å². The second kappa shape index (κ2) is 4.23. The first-order chi connectivity index (χ1) is 8.83. The SMILES string of the molecule is CCc1cc2ccc3cnccc3c2nc1NN. The van der Waals surface area contributed by atoms with Gasteiger partial charge in [0.2, 0.25) is 0 Å². The van der Waals surface area contributed by atoms with Crippen LogP contribution in [0.25, 0.3) is 21.7 Å². The summed E-state index contributed by atoms with van der Waals surface area (Å²) >= 11 is 0. The number of hydrazine groups is 1. The molecule has 4 heteroatoms. The number of aromatic nitrogens is 2. The van der Waals surface area contributed by atoms with E-state index in [0.717, 1.165) is 39.5 Å². The number of hydrogen-bond acceptors (Lipinski definition) is 4. The molecule has 0 aliphatic rings. The average molecular weight is 238 g/mol. The van der Waals surface area contributed by atoms with Gasteiger partial charge >= 0.3 is 0 Å². The highest BCUT2D eigenvalue weighted by molar-refractivity contribution is 6.05. The fourth-order valence-corrected chi connectivity index (χ4v) is 2.24. The van der Waals surface area contributed by atoms with Crippen molar-refractivity contribution in [2.75, 3.05) is 5.43 Å². The Labute approximate surface area is 105 Å². The molecule has 0 aliphatic carbocycles. The largest absolute Gasteiger partial charge is 0.308 e. The molecule has 2 aromatic heterocycles. The highest BCUT2D eigenvalue weighted by Crippen LogP contribution is 2.26. The van der Waals surface area contributed by atoms with Gasteiger partial charge in [0.15, 0.2) is 0 Å². The van der Waals surface area contributed by atoms with Gasteiger partial charge in [0.05, 0.1) is 5.52 Å². The number of nitrogens with two attached hydrogens (primary N) is 1. The first-order valence-electron chi connectivity index (χ1n) is 5.96. The second-order valence-electron chi connectivity index (χ2n) is 4.23. The summed E-state index contributed by atoms with van der Waals surface area (Å²) in [7, 11) is 0. The molecule has 1 aromatic carbocycles. The summed E-state index contributed by atoms with van der Waals surface area (Å²) in [5.74, 6) is 6.28. The van der Waals surface area contributed by atoms with Crippen LogP contribution >= 0.6 is 0 Å². The lowest BCUT2D eigenvalue weighted by Crippen LogP contribution is -2.11. The molecule has 0 bridgehead atoms. The first-order valence-corrected chi connectivity index (χ1v) is 5.96. The normalized spacial score (nSPS) is 11.0. The molecule has 4 nitrogen and oxygen atoms in total. The van der Waals surface area contributed by atoms with Gasteiger partial charge in [-0.1, -0.05) is 19.1 Å². The lowest BCUT2D eigenvalue weighted by Gasteiger charge is -2.09. The maximum Gasteiger partial charge on any atom is 0.143 e. The lowest BCUT2D eigenvalue weighted by molar-refractivity contribution is 1.10. The van der Waals surface area contributed by atoms with Crippen molar-refractivity contribution in [3.05, 3.63) is 42.2 Å². The molecule has 0 saturated carbocycles. The van der Waals surface area contributed by atoms with E-state index in [-0.39, 0.29) is 0 Å². The summed E-state index contributed by atoms with van der Waals surface area (Å²) in [6, 6.07) is 8.26. The van der Waals surface area contributed by atoms with Crippen molar-refractivity contribution in [3.8, 4) is 0 Å². The number of fused-ring (bicyclic) bond motifs is 3. The topological polar surface area (TPSA) is 63.8 Å².